The number of thioether (sulfide) groups is 1. The van der Waals surface area contributed by atoms with E-state index in [-0.39, 0.29) is 5.91 Å². The van der Waals surface area contributed by atoms with Crippen molar-refractivity contribution in [3.05, 3.63) is 89.2 Å². The molecule has 144 valence electrons. The van der Waals surface area contributed by atoms with E-state index in [2.05, 4.69) is 10.3 Å². The normalized spacial score (nSPS) is 10.5. The van der Waals surface area contributed by atoms with E-state index in [9.17, 15) is 4.79 Å². The fourth-order valence-corrected chi connectivity index (χ4v) is 3.41. The van der Waals surface area contributed by atoms with Crippen LogP contribution in [0.1, 0.15) is 17.5 Å². The summed E-state index contributed by atoms with van der Waals surface area (Å²) in [5.74, 6) is 1.56. The van der Waals surface area contributed by atoms with Crippen molar-refractivity contribution in [2.45, 2.75) is 24.5 Å². The highest BCUT2D eigenvalue weighted by Gasteiger charge is 2.03. The molecule has 0 aliphatic heterocycles. The molecule has 0 aliphatic carbocycles. The number of benzene rings is 2. The van der Waals surface area contributed by atoms with Crippen molar-refractivity contribution >= 4 is 29.3 Å². The lowest BCUT2D eigenvalue weighted by atomic mass is 10.2. The van der Waals surface area contributed by atoms with Crippen molar-refractivity contribution in [1.82, 2.24) is 10.3 Å². The molecule has 0 atom stereocenters. The summed E-state index contributed by atoms with van der Waals surface area (Å²) in [7, 11) is 0. The van der Waals surface area contributed by atoms with Gasteiger partial charge in [-0.25, -0.2) is 0 Å². The maximum Gasteiger partial charge on any atom is 0.221 e. The fourth-order valence-electron chi connectivity index (χ4n) is 2.44. The molecule has 1 N–H and O–H groups in total. The van der Waals surface area contributed by atoms with Crippen molar-refractivity contribution in [2.24, 2.45) is 0 Å². The highest BCUT2D eigenvalue weighted by atomic mass is 35.5. The van der Waals surface area contributed by atoms with Gasteiger partial charge in [0.1, 0.15) is 12.4 Å². The van der Waals surface area contributed by atoms with Gasteiger partial charge in [0.2, 0.25) is 5.91 Å². The predicted molar refractivity (Wildman–Crippen MR) is 114 cm³/mol. The highest BCUT2D eigenvalue weighted by molar-refractivity contribution is 7.99. The number of halogens is 1. The number of rotatable bonds is 9. The third-order valence-electron chi connectivity index (χ3n) is 3.95. The Morgan fingerprint density at radius 1 is 1.04 bits per heavy atom. The number of carbonyl (C=O) groups excluding carboxylic acids is 1. The molecular weight excluding hydrogens is 392 g/mol. The lowest BCUT2D eigenvalue weighted by Crippen LogP contribution is -2.22. The number of carbonyl (C=O) groups is 1. The van der Waals surface area contributed by atoms with Crippen molar-refractivity contribution < 1.29 is 9.53 Å². The molecule has 1 heterocycles. The van der Waals surface area contributed by atoms with Gasteiger partial charge in [-0.1, -0.05) is 29.8 Å². The standard InChI is InChI=1S/C22H21ClN2O2S/c23-19-5-9-21(10-6-19)28-13-11-22(26)25-15-17-3-7-20(8-4-17)27-16-18-2-1-12-24-14-18/h1-10,12,14H,11,13,15-16H2,(H,25,26). The molecule has 0 radical (unpaired) electrons. The van der Waals surface area contributed by atoms with Crippen molar-refractivity contribution in [3.63, 3.8) is 0 Å². The summed E-state index contributed by atoms with van der Waals surface area (Å²) in [5.41, 5.74) is 2.06. The van der Waals surface area contributed by atoms with Gasteiger partial charge in [-0.15, -0.1) is 11.8 Å². The second-order valence-electron chi connectivity index (χ2n) is 6.12. The topological polar surface area (TPSA) is 51.2 Å². The van der Waals surface area contributed by atoms with Gasteiger partial charge >= 0.3 is 0 Å². The van der Waals surface area contributed by atoms with E-state index >= 15 is 0 Å². The van der Waals surface area contributed by atoms with Crippen LogP contribution >= 0.6 is 23.4 Å². The number of nitrogens with one attached hydrogen (secondary N) is 1. The first kappa shape index (κ1) is 20.2. The Hall–Kier alpha value is -2.50. The van der Waals surface area contributed by atoms with Crippen molar-refractivity contribution in [2.75, 3.05) is 5.75 Å². The van der Waals surface area contributed by atoms with Crippen LogP contribution in [0.5, 0.6) is 5.75 Å². The third-order valence-corrected chi connectivity index (χ3v) is 5.22. The van der Waals surface area contributed by atoms with E-state index in [0.29, 0.717) is 19.6 Å². The Labute approximate surface area is 174 Å². The van der Waals surface area contributed by atoms with E-state index < -0.39 is 0 Å². The van der Waals surface area contributed by atoms with Gasteiger partial charge in [-0.05, 0) is 48.0 Å². The minimum absolute atomic E-state index is 0.0402. The second kappa shape index (κ2) is 10.7. The van der Waals surface area contributed by atoms with Crippen LogP contribution in [0, 0.1) is 0 Å². The SMILES string of the molecule is O=C(CCSc1ccc(Cl)cc1)NCc1ccc(OCc2cccnc2)cc1. The summed E-state index contributed by atoms with van der Waals surface area (Å²) in [4.78, 5) is 17.2. The average Bonchev–Trinajstić information content (AvgIpc) is 2.74. The monoisotopic (exact) mass is 412 g/mol. The summed E-state index contributed by atoms with van der Waals surface area (Å²) in [6, 6.07) is 19.2. The molecular formula is C22H21ClN2O2S. The summed E-state index contributed by atoms with van der Waals surface area (Å²) >= 11 is 7.51. The Balaban J connectivity index is 1.35. The van der Waals surface area contributed by atoms with Crippen LogP contribution in [-0.4, -0.2) is 16.6 Å². The van der Waals surface area contributed by atoms with Crippen LogP contribution in [0.3, 0.4) is 0 Å². The van der Waals surface area contributed by atoms with Gasteiger partial charge in [0.05, 0.1) is 0 Å². The van der Waals surface area contributed by atoms with E-state index in [0.717, 1.165) is 32.5 Å². The molecule has 0 spiro atoms. The number of hydrogen-bond acceptors (Lipinski definition) is 4. The van der Waals surface area contributed by atoms with Crippen molar-refractivity contribution in [1.29, 1.82) is 0 Å². The summed E-state index contributed by atoms with van der Waals surface area (Å²) in [6.07, 6.45) is 4.00. The molecule has 0 saturated heterocycles. The lowest BCUT2D eigenvalue weighted by molar-refractivity contribution is -0.120. The molecule has 28 heavy (non-hydrogen) atoms. The lowest BCUT2D eigenvalue weighted by Gasteiger charge is -2.08. The van der Waals surface area contributed by atoms with Gasteiger partial charge in [-0.2, -0.15) is 0 Å². The van der Waals surface area contributed by atoms with Crippen LogP contribution in [0.4, 0.5) is 0 Å². The minimum atomic E-state index is 0.0402. The maximum atomic E-state index is 12.0. The first-order valence-corrected chi connectivity index (χ1v) is 10.3. The Morgan fingerprint density at radius 3 is 2.54 bits per heavy atom. The first-order valence-electron chi connectivity index (χ1n) is 8.95. The zero-order valence-corrected chi connectivity index (χ0v) is 16.9. The number of nitrogens with zero attached hydrogens (tertiary/aromatic N) is 1. The van der Waals surface area contributed by atoms with Crippen LogP contribution in [-0.2, 0) is 17.9 Å². The van der Waals surface area contributed by atoms with Gasteiger partial charge in [0.25, 0.3) is 0 Å². The summed E-state index contributed by atoms with van der Waals surface area (Å²) in [6.45, 7) is 0.989. The Kier molecular flexibility index (Phi) is 7.76. The Bertz CT molecular complexity index is 871. The van der Waals surface area contributed by atoms with Crippen LogP contribution in [0.15, 0.2) is 78.0 Å². The first-order chi connectivity index (χ1) is 13.7. The molecule has 0 fully saturated rings. The summed E-state index contributed by atoms with van der Waals surface area (Å²) < 4.78 is 5.74. The molecule has 6 heteroatoms. The zero-order valence-electron chi connectivity index (χ0n) is 15.3. The number of pyridine rings is 1. The van der Waals surface area contributed by atoms with E-state index in [1.54, 1.807) is 24.2 Å². The largest absolute Gasteiger partial charge is 0.489 e. The van der Waals surface area contributed by atoms with Crippen LogP contribution in [0.2, 0.25) is 5.02 Å². The van der Waals surface area contributed by atoms with Crippen molar-refractivity contribution in [3.8, 4) is 5.75 Å². The smallest absolute Gasteiger partial charge is 0.221 e. The molecule has 1 aromatic heterocycles. The van der Waals surface area contributed by atoms with Gasteiger partial charge in [-0.3, -0.25) is 9.78 Å². The second-order valence-corrected chi connectivity index (χ2v) is 7.73. The molecule has 0 bridgehead atoms. The number of ether oxygens (including phenoxy) is 1. The Morgan fingerprint density at radius 2 is 1.82 bits per heavy atom. The van der Waals surface area contributed by atoms with Gasteiger partial charge in [0, 0.05) is 46.6 Å². The molecule has 0 aliphatic rings. The summed E-state index contributed by atoms with van der Waals surface area (Å²) in [5, 5.41) is 3.67. The molecule has 0 unspecified atom stereocenters. The van der Waals surface area contributed by atoms with E-state index in [1.807, 2.05) is 60.7 Å². The van der Waals surface area contributed by atoms with E-state index in [1.165, 1.54) is 0 Å². The molecule has 1 amide bonds. The van der Waals surface area contributed by atoms with Crippen LogP contribution < -0.4 is 10.1 Å². The fraction of sp³-hybridized carbons (Fsp3) is 0.182. The molecule has 2 aromatic carbocycles. The maximum absolute atomic E-state index is 12.0. The van der Waals surface area contributed by atoms with Crippen LogP contribution in [0.25, 0.3) is 0 Å². The molecule has 0 saturated carbocycles. The predicted octanol–water partition coefficient (Wildman–Crippen LogP) is 5.11. The quantitative estimate of drug-likeness (QED) is 0.496. The molecule has 3 aromatic rings. The van der Waals surface area contributed by atoms with Gasteiger partial charge < -0.3 is 10.1 Å². The zero-order chi connectivity index (χ0) is 19.6. The number of hydrogen-bond donors (Lipinski definition) is 1. The number of amides is 1. The molecule has 3 rings (SSSR count). The van der Waals surface area contributed by atoms with Gasteiger partial charge in [0.15, 0.2) is 0 Å². The number of aromatic nitrogens is 1. The highest BCUT2D eigenvalue weighted by Crippen LogP contribution is 2.21. The molecule has 4 nitrogen and oxygen atoms in total. The average molecular weight is 413 g/mol. The third kappa shape index (κ3) is 6.91. The minimum Gasteiger partial charge on any atom is -0.489 e. The van der Waals surface area contributed by atoms with E-state index in [4.69, 9.17) is 16.3 Å².